The summed E-state index contributed by atoms with van der Waals surface area (Å²) in [7, 11) is 0. The molecule has 0 aliphatic carbocycles. The van der Waals surface area contributed by atoms with E-state index in [1.54, 1.807) is 17.0 Å². The SMILES string of the molecule is CCN1C(=O)NC(c2cccc([N+](=O)[O-])c2)C(c2nc3ccccc3[nH]2)=C1c1ccccc1. The predicted molar refractivity (Wildman–Crippen MR) is 126 cm³/mol. The summed E-state index contributed by atoms with van der Waals surface area (Å²) in [5.41, 5.74) is 4.56. The van der Waals surface area contributed by atoms with E-state index >= 15 is 0 Å². The van der Waals surface area contributed by atoms with Gasteiger partial charge in [-0.2, -0.15) is 0 Å². The maximum atomic E-state index is 13.2. The quantitative estimate of drug-likeness (QED) is 0.332. The molecule has 0 bridgehead atoms. The number of fused-ring (bicyclic) bond motifs is 1. The Morgan fingerprint density at radius 3 is 2.52 bits per heavy atom. The van der Waals surface area contributed by atoms with Gasteiger partial charge in [0.25, 0.3) is 5.69 Å². The third kappa shape index (κ3) is 3.61. The van der Waals surface area contributed by atoms with Gasteiger partial charge in [0.2, 0.25) is 0 Å². The molecule has 1 unspecified atom stereocenters. The first-order chi connectivity index (χ1) is 16.1. The van der Waals surface area contributed by atoms with Crippen LogP contribution in [0.15, 0.2) is 78.9 Å². The summed E-state index contributed by atoms with van der Waals surface area (Å²) in [6, 6.07) is 22.8. The van der Waals surface area contributed by atoms with Crippen LogP contribution < -0.4 is 5.32 Å². The number of hydrogen-bond acceptors (Lipinski definition) is 4. The number of para-hydroxylation sites is 2. The Labute approximate surface area is 189 Å². The molecule has 2 N–H and O–H groups in total. The van der Waals surface area contributed by atoms with Crippen molar-refractivity contribution in [2.45, 2.75) is 13.0 Å². The lowest BCUT2D eigenvalue weighted by atomic mass is 9.91. The van der Waals surface area contributed by atoms with E-state index < -0.39 is 11.0 Å². The lowest BCUT2D eigenvalue weighted by molar-refractivity contribution is -0.384. The van der Waals surface area contributed by atoms with Crippen LogP contribution in [-0.2, 0) is 0 Å². The number of non-ortho nitro benzene ring substituents is 1. The van der Waals surface area contributed by atoms with Gasteiger partial charge in [-0.05, 0) is 30.2 Å². The molecule has 33 heavy (non-hydrogen) atoms. The Morgan fingerprint density at radius 2 is 1.79 bits per heavy atom. The molecule has 164 valence electrons. The molecule has 1 aliphatic heterocycles. The summed E-state index contributed by atoms with van der Waals surface area (Å²) < 4.78 is 0. The van der Waals surface area contributed by atoms with Crippen LogP contribution in [-0.4, -0.2) is 32.4 Å². The minimum Gasteiger partial charge on any atom is -0.338 e. The molecular weight excluding hydrogens is 418 g/mol. The molecule has 8 heteroatoms. The highest BCUT2D eigenvalue weighted by Gasteiger charge is 2.36. The van der Waals surface area contributed by atoms with Gasteiger partial charge < -0.3 is 10.3 Å². The Balaban J connectivity index is 1.82. The van der Waals surface area contributed by atoms with E-state index in [-0.39, 0.29) is 11.7 Å². The van der Waals surface area contributed by atoms with E-state index in [9.17, 15) is 14.9 Å². The van der Waals surface area contributed by atoms with E-state index in [1.165, 1.54) is 12.1 Å². The fraction of sp³-hybridized carbons (Fsp3) is 0.120. The average molecular weight is 439 g/mol. The van der Waals surface area contributed by atoms with Crippen molar-refractivity contribution in [1.82, 2.24) is 20.2 Å². The molecule has 2 heterocycles. The fourth-order valence-electron chi connectivity index (χ4n) is 4.26. The van der Waals surface area contributed by atoms with Crippen molar-refractivity contribution < 1.29 is 9.72 Å². The lowest BCUT2D eigenvalue weighted by Crippen LogP contribution is -2.46. The van der Waals surface area contributed by atoms with Gasteiger partial charge in [-0.1, -0.05) is 54.6 Å². The first-order valence-corrected chi connectivity index (χ1v) is 10.6. The molecule has 0 saturated carbocycles. The second-order valence-electron chi connectivity index (χ2n) is 7.71. The van der Waals surface area contributed by atoms with Gasteiger partial charge in [0.05, 0.1) is 27.7 Å². The zero-order valence-corrected chi connectivity index (χ0v) is 17.9. The van der Waals surface area contributed by atoms with E-state index in [2.05, 4.69) is 10.3 Å². The number of nitro groups is 1. The number of aromatic amines is 1. The number of imidazole rings is 1. The molecule has 0 fully saturated rings. The normalized spacial score (nSPS) is 16.2. The van der Waals surface area contributed by atoms with Gasteiger partial charge in [0.1, 0.15) is 5.82 Å². The molecule has 3 aromatic carbocycles. The number of carbonyl (C=O) groups is 1. The first kappa shape index (κ1) is 20.4. The number of hydrogen-bond donors (Lipinski definition) is 2. The molecule has 2 amide bonds. The number of amides is 2. The maximum absolute atomic E-state index is 13.2. The molecule has 0 radical (unpaired) electrons. The van der Waals surface area contributed by atoms with E-state index in [0.29, 0.717) is 17.9 Å². The molecule has 5 rings (SSSR count). The summed E-state index contributed by atoms with van der Waals surface area (Å²) >= 11 is 0. The van der Waals surface area contributed by atoms with Gasteiger partial charge in [0, 0.05) is 24.3 Å². The number of nitrogens with one attached hydrogen (secondary N) is 2. The topological polar surface area (TPSA) is 104 Å². The number of aromatic nitrogens is 2. The van der Waals surface area contributed by atoms with E-state index in [4.69, 9.17) is 4.98 Å². The van der Waals surface area contributed by atoms with Crippen molar-refractivity contribution in [3.63, 3.8) is 0 Å². The molecule has 0 spiro atoms. The third-order valence-electron chi connectivity index (χ3n) is 5.75. The predicted octanol–water partition coefficient (Wildman–Crippen LogP) is 5.13. The Hall–Kier alpha value is -4.46. The lowest BCUT2D eigenvalue weighted by Gasteiger charge is -2.36. The van der Waals surface area contributed by atoms with Gasteiger partial charge in [-0.15, -0.1) is 0 Å². The molecule has 1 aromatic heterocycles. The van der Waals surface area contributed by atoms with Gasteiger partial charge in [0.15, 0.2) is 0 Å². The van der Waals surface area contributed by atoms with Gasteiger partial charge in [-0.3, -0.25) is 15.0 Å². The van der Waals surface area contributed by atoms with Crippen molar-refractivity contribution >= 4 is 34.0 Å². The molecule has 8 nitrogen and oxygen atoms in total. The summed E-state index contributed by atoms with van der Waals surface area (Å²) in [4.78, 5) is 34.0. The second-order valence-corrected chi connectivity index (χ2v) is 7.71. The van der Waals surface area contributed by atoms with Crippen LogP contribution in [0.1, 0.15) is 29.9 Å². The van der Waals surface area contributed by atoms with Crippen molar-refractivity contribution in [3.05, 3.63) is 106 Å². The summed E-state index contributed by atoms with van der Waals surface area (Å²) in [5, 5.41) is 14.5. The summed E-state index contributed by atoms with van der Waals surface area (Å²) in [5.74, 6) is 0.602. The summed E-state index contributed by atoms with van der Waals surface area (Å²) in [6.45, 7) is 2.36. The number of nitrogens with zero attached hydrogens (tertiary/aromatic N) is 3. The summed E-state index contributed by atoms with van der Waals surface area (Å²) in [6.07, 6.45) is 0. The number of benzene rings is 3. The number of urea groups is 1. The number of nitro benzene ring substituents is 1. The van der Waals surface area contributed by atoms with Crippen LogP contribution in [0.5, 0.6) is 0 Å². The van der Waals surface area contributed by atoms with Crippen LogP contribution in [0.4, 0.5) is 10.5 Å². The molecule has 1 aliphatic rings. The zero-order chi connectivity index (χ0) is 22.9. The fourth-order valence-corrected chi connectivity index (χ4v) is 4.26. The van der Waals surface area contributed by atoms with Crippen LogP contribution in [0.2, 0.25) is 0 Å². The van der Waals surface area contributed by atoms with Crippen molar-refractivity contribution in [1.29, 1.82) is 0 Å². The van der Waals surface area contributed by atoms with Crippen molar-refractivity contribution in [2.24, 2.45) is 0 Å². The highest BCUT2D eigenvalue weighted by molar-refractivity contribution is 6.02. The van der Waals surface area contributed by atoms with Crippen LogP contribution in [0, 0.1) is 10.1 Å². The highest BCUT2D eigenvalue weighted by Crippen LogP contribution is 2.41. The molecule has 4 aromatic rings. The van der Waals surface area contributed by atoms with Crippen LogP contribution in [0.25, 0.3) is 22.3 Å². The highest BCUT2D eigenvalue weighted by atomic mass is 16.6. The largest absolute Gasteiger partial charge is 0.338 e. The third-order valence-corrected chi connectivity index (χ3v) is 5.75. The minimum absolute atomic E-state index is 0.0371. The Bertz CT molecular complexity index is 1360. The number of H-pyrrole nitrogens is 1. The smallest absolute Gasteiger partial charge is 0.322 e. The standard InChI is InChI=1S/C25H21N5O3/c1-2-29-23(16-9-4-3-5-10-16)21(24-26-19-13-6-7-14-20(19)27-24)22(28-25(29)31)17-11-8-12-18(15-17)30(32)33/h3-15,22H,2H2,1H3,(H,26,27)(H,28,31). The Morgan fingerprint density at radius 1 is 1.03 bits per heavy atom. The van der Waals surface area contributed by atoms with E-state index in [1.807, 2.05) is 61.5 Å². The van der Waals surface area contributed by atoms with Crippen LogP contribution in [0.3, 0.4) is 0 Å². The first-order valence-electron chi connectivity index (χ1n) is 10.6. The molecule has 0 saturated heterocycles. The molecule has 1 atom stereocenters. The van der Waals surface area contributed by atoms with Gasteiger partial charge in [-0.25, -0.2) is 9.78 Å². The number of rotatable bonds is 5. The molecular formula is C25H21N5O3. The van der Waals surface area contributed by atoms with E-state index in [0.717, 1.165) is 27.9 Å². The Kier molecular flexibility index (Phi) is 5.10. The van der Waals surface area contributed by atoms with Crippen molar-refractivity contribution in [2.75, 3.05) is 6.54 Å². The van der Waals surface area contributed by atoms with Crippen LogP contribution >= 0.6 is 0 Å². The zero-order valence-electron chi connectivity index (χ0n) is 17.9. The average Bonchev–Trinajstić information content (AvgIpc) is 3.28. The maximum Gasteiger partial charge on any atom is 0.322 e. The van der Waals surface area contributed by atoms with Crippen molar-refractivity contribution in [3.8, 4) is 0 Å². The minimum atomic E-state index is -0.629. The van der Waals surface area contributed by atoms with Gasteiger partial charge >= 0.3 is 6.03 Å². The number of carbonyl (C=O) groups excluding carboxylic acids is 1. The monoisotopic (exact) mass is 439 g/mol. The second kappa shape index (κ2) is 8.23.